The lowest BCUT2D eigenvalue weighted by atomic mass is 10.2. The molecule has 13 heavy (non-hydrogen) atoms. The molecule has 67 valence electrons. The van der Waals surface area contributed by atoms with E-state index in [4.69, 9.17) is 0 Å². The fourth-order valence-corrected chi connectivity index (χ4v) is 0.945. The Morgan fingerprint density at radius 2 is 2.00 bits per heavy atom. The molecule has 0 bridgehead atoms. The topological polar surface area (TPSA) is 12.4 Å². The van der Waals surface area contributed by atoms with Gasteiger partial charge < -0.3 is 0 Å². The molecule has 1 nitrogen and oxygen atoms in total. The molecule has 0 N–H and O–H groups in total. The molecule has 0 aliphatic carbocycles. The maximum Gasteiger partial charge on any atom is 0.0389 e. The first kappa shape index (κ1) is 9.72. The summed E-state index contributed by atoms with van der Waals surface area (Å²) < 4.78 is 0. The Labute approximate surface area is 79.8 Å². The lowest BCUT2D eigenvalue weighted by molar-refractivity contribution is 1.01. The monoisotopic (exact) mass is 172 g/mol. The molecule has 0 spiro atoms. The van der Waals surface area contributed by atoms with Crippen molar-refractivity contribution < 1.29 is 0 Å². The standard InChI is InChI=1S/C12H14N/c1-2-10-13-11-6-9-12-7-4-3-5-8-12/h3-9,11H,1-2,10H2. The van der Waals surface area contributed by atoms with E-state index in [1.165, 1.54) is 5.56 Å². The van der Waals surface area contributed by atoms with Crippen molar-refractivity contribution in [2.75, 3.05) is 6.54 Å². The number of benzene rings is 1. The summed E-state index contributed by atoms with van der Waals surface area (Å²) in [4.78, 5) is 4.13. The van der Waals surface area contributed by atoms with Crippen LogP contribution < -0.4 is 0 Å². The van der Waals surface area contributed by atoms with Crippen molar-refractivity contribution >= 4 is 12.3 Å². The van der Waals surface area contributed by atoms with Gasteiger partial charge in [0.05, 0.1) is 0 Å². The van der Waals surface area contributed by atoms with E-state index in [0.29, 0.717) is 0 Å². The van der Waals surface area contributed by atoms with E-state index in [-0.39, 0.29) is 0 Å². The molecule has 0 aliphatic rings. The van der Waals surface area contributed by atoms with Gasteiger partial charge in [0, 0.05) is 12.8 Å². The second-order valence-electron chi connectivity index (χ2n) is 2.68. The smallest absolute Gasteiger partial charge is 0.0389 e. The summed E-state index contributed by atoms with van der Waals surface area (Å²) in [7, 11) is 0. The van der Waals surface area contributed by atoms with Crippen molar-refractivity contribution in [3.63, 3.8) is 0 Å². The average Bonchev–Trinajstić information content (AvgIpc) is 2.19. The van der Waals surface area contributed by atoms with E-state index in [0.717, 1.165) is 13.0 Å². The second kappa shape index (κ2) is 6.18. The predicted molar refractivity (Wildman–Crippen MR) is 58.8 cm³/mol. The van der Waals surface area contributed by atoms with Gasteiger partial charge in [-0.15, -0.1) is 0 Å². The summed E-state index contributed by atoms with van der Waals surface area (Å²) in [5.74, 6) is 0. The van der Waals surface area contributed by atoms with Gasteiger partial charge in [-0.2, -0.15) is 0 Å². The molecule has 0 unspecified atom stereocenters. The first-order valence-electron chi connectivity index (χ1n) is 4.44. The maximum atomic E-state index is 4.13. The molecule has 1 heteroatoms. The largest absolute Gasteiger partial charge is 0.293 e. The van der Waals surface area contributed by atoms with E-state index in [1.807, 2.05) is 36.6 Å². The fraction of sp³-hybridized carbons (Fsp3) is 0.167. The summed E-state index contributed by atoms with van der Waals surface area (Å²) in [6.07, 6.45) is 6.66. The highest BCUT2D eigenvalue weighted by atomic mass is 14.7. The van der Waals surface area contributed by atoms with Gasteiger partial charge in [0.15, 0.2) is 0 Å². The normalized spacial score (nSPS) is 11.5. The van der Waals surface area contributed by atoms with Crippen LogP contribution in [0.5, 0.6) is 0 Å². The van der Waals surface area contributed by atoms with Crippen LogP contribution in [0.4, 0.5) is 0 Å². The Morgan fingerprint density at radius 3 is 2.69 bits per heavy atom. The van der Waals surface area contributed by atoms with Crippen molar-refractivity contribution in [1.82, 2.24) is 0 Å². The van der Waals surface area contributed by atoms with Gasteiger partial charge in [-0.1, -0.05) is 43.3 Å². The third kappa shape index (κ3) is 4.26. The molecule has 0 amide bonds. The van der Waals surface area contributed by atoms with E-state index in [1.54, 1.807) is 0 Å². The van der Waals surface area contributed by atoms with Crippen LogP contribution >= 0.6 is 0 Å². The number of rotatable bonds is 4. The SMILES string of the molecule is [CH2]CCN=CC=Cc1ccccc1. The second-order valence-corrected chi connectivity index (χ2v) is 2.68. The lowest BCUT2D eigenvalue weighted by Gasteiger charge is -1.88. The molecule has 0 atom stereocenters. The van der Waals surface area contributed by atoms with Crippen molar-refractivity contribution in [3.05, 3.63) is 48.9 Å². The van der Waals surface area contributed by atoms with Crippen molar-refractivity contribution in [2.24, 2.45) is 4.99 Å². The zero-order valence-electron chi connectivity index (χ0n) is 7.69. The van der Waals surface area contributed by atoms with E-state index >= 15 is 0 Å². The number of hydrogen-bond acceptors (Lipinski definition) is 1. The average molecular weight is 172 g/mol. The molecular formula is C12H14N. The van der Waals surface area contributed by atoms with E-state index < -0.39 is 0 Å². The van der Waals surface area contributed by atoms with Crippen LogP contribution in [0.15, 0.2) is 41.4 Å². The number of nitrogens with zero attached hydrogens (tertiary/aromatic N) is 1. The molecule has 0 saturated heterocycles. The highest BCUT2D eigenvalue weighted by Crippen LogP contribution is 1.99. The quantitative estimate of drug-likeness (QED) is 0.619. The zero-order chi connectivity index (χ0) is 9.36. The zero-order valence-corrected chi connectivity index (χ0v) is 7.69. The highest BCUT2D eigenvalue weighted by Gasteiger charge is 1.79. The van der Waals surface area contributed by atoms with Gasteiger partial charge in [-0.05, 0) is 18.1 Å². The molecule has 1 aromatic rings. The van der Waals surface area contributed by atoms with Crippen LogP contribution in [-0.4, -0.2) is 12.8 Å². The molecule has 1 rings (SSSR count). The highest BCUT2D eigenvalue weighted by molar-refractivity contribution is 5.78. The van der Waals surface area contributed by atoms with Crippen molar-refractivity contribution in [1.29, 1.82) is 0 Å². The van der Waals surface area contributed by atoms with E-state index in [2.05, 4.69) is 24.0 Å². The third-order valence-corrected chi connectivity index (χ3v) is 1.57. The predicted octanol–water partition coefficient (Wildman–Crippen LogP) is 2.99. The summed E-state index contributed by atoms with van der Waals surface area (Å²) in [5, 5.41) is 0. The molecule has 0 saturated carbocycles. The van der Waals surface area contributed by atoms with Crippen LogP contribution in [0.25, 0.3) is 6.08 Å². The Balaban J connectivity index is 2.41. The van der Waals surface area contributed by atoms with Crippen LogP contribution in [0.3, 0.4) is 0 Å². The molecule has 0 aliphatic heterocycles. The van der Waals surface area contributed by atoms with Crippen LogP contribution in [0.1, 0.15) is 12.0 Å². The molecule has 0 fully saturated rings. The van der Waals surface area contributed by atoms with Gasteiger partial charge >= 0.3 is 0 Å². The number of aliphatic imine (C=N–C) groups is 1. The molecule has 0 heterocycles. The molecule has 0 aromatic heterocycles. The van der Waals surface area contributed by atoms with Crippen molar-refractivity contribution in [2.45, 2.75) is 6.42 Å². The van der Waals surface area contributed by atoms with Gasteiger partial charge in [0.1, 0.15) is 0 Å². The number of allylic oxidation sites excluding steroid dienone is 1. The van der Waals surface area contributed by atoms with Gasteiger partial charge in [0.2, 0.25) is 0 Å². The summed E-state index contributed by atoms with van der Waals surface area (Å²) in [6.45, 7) is 4.51. The van der Waals surface area contributed by atoms with Crippen LogP contribution in [0, 0.1) is 6.92 Å². The van der Waals surface area contributed by atoms with Gasteiger partial charge in [-0.3, -0.25) is 4.99 Å². The van der Waals surface area contributed by atoms with Gasteiger partial charge in [-0.25, -0.2) is 0 Å². The minimum Gasteiger partial charge on any atom is -0.293 e. The summed E-state index contributed by atoms with van der Waals surface area (Å²) in [5.41, 5.74) is 1.20. The summed E-state index contributed by atoms with van der Waals surface area (Å²) >= 11 is 0. The minimum absolute atomic E-state index is 0.805. The first-order valence-corrected chi connectivity index (χ1v) is 4.44. The summed E-state index contributed by atoms with van der Waals surface area (Å²) in [6, 6.07) is 10.2. The molecule has 1 aromatic carbocycles. The first-order chi connectivity index (χ1) is 6.43. The fourth-order valence-electron chi connectivity index (χ4n) is 0.945. The molecular weight excluding hydrogens is 158 g/mol. The van der Waals surface area contributed by atoms with Crippen molar-refractivity contribution in [3.8, 4) is 0 Å². The van der Waals surface area contributed by atoms with Crippen LogP contribution in [-0.2, 0) is 0 Å². The van der Waals surface area contributed by atoms with E-state index in [9.17, 15) is 0 Å². The van der Waals surface area contributed by atoms with Crippen LogP contribution in [0.2, 0.25) is 0 Å². The third-order valence-electron chi connectivity index (χ3n) is 1.57. The molecule has 1 radical (unpaired) electrons. The van der Waals surface area contributed by atoms with Gasteiger partial charge in [0.25, 0.3) is 0 Å². The maximum absolute atomic E-state index is 4.13. The Hall–Kier alpha value is -1.37. The Morgan fingerprint density at radius 1 is 1.23 bits per heavy atom. The number of hydrogen-bond donors (Lipinski definition) is 0. The Kier molecular flexibility index (Phi) is 4.62. The Bertz CT molecular complexity index is 272. The lowest BCUT2D eigenvalue weighted by Crippen LogP contribution is -1.75. The minimum atomic E-state index is 0.805.